The van der Waals surface area contributed by atoms with Gasteiger partial charge >= 0.3 is 5.69 Å². The van der Waals surface area contributed by atoms with Crippen LogP contribution >= 0.6 is 11.6 Å². The molecule has 3 aromatic heterocycles. The molecular formula is C20H22ClN5O2. The van der Waals surface area contributed by atoms with Crippen LogP contribution in [0.1, 0.15) is 22.5 Å². The Labute approximate surface area is 166 Å². The van der Waals surface area contributed by atoms with Crippen LogP contribution in [0, 0.1) is 20.8 Å². The van der Waals surface area contributed by atoms with Gasteiger partial charge in [0.25, 0.3) is 5.56 Å². The molecule has 0 aliphatic heterocycles. The first-order chi connectivity index (χ1) is 13.3. The van der Waals surface area contributed by atoms with E-state index in [1.54, 1.807) is 7.05 Å². The van der Waals surface area contributed by atoms with Gasteiger partial charge < -0.3 is 4.57 Å². The van der Waals surface area contributed by atoms with Gasteiger partial charge in [0.15, 0.2) is 11.2 Å². The Kier molecular flexibility index (Phi) is 4.42. The monoisotopic (exact) mass is 399 g/mol. The highest BCUT2D eigenvalue weighted by molar-refractivity contribution is 6.17. The molecule has 0 spiro atoms. The highest BCUT2D eigenvalue weighted by Crippen LogP contribution is 2.20. The average Bonchev–Trinajstić information content (AvgIpc) is 3.17. The van der Waals surface area contributed by atoms with Gasteiger partial charge in [-0.05, 0) is 26.3 Å². The molecule has 0 fully saturated rings. The molecule has 0 N–H and O–H groups in total. The molecule has 146 valence electrons. The number of aryl methyl sites for hydroxylation is 4. The van der Waals surface area contributed by atoms with Crippen molar-refractivity contribution in [1.29, 1.82) is 0 Å². The molecule has 0 bridgehead atoms. The van der Waals surface area contributed by atoms with Crippen molar-refractivity contribution >= 4 is 28.5 Å². The van der Waals surface area contributed by atoms with Crippen LogP contribution in [-0.2, 0) is 20.1 Å². The Bertz CT molecular complexity index is 1320. The summed E-state index contributed by atoms with van der Waals surface area (Å²) in [5.41, 5.74) is 4.04. The number of alkyl halides is 1. The van der Waals surface area contributed by atoms with Gasteiger partial charge in [-0.1, -0.05) is 29.8 Å². The zero-order chi connectivity index (χ0) is 20.2. The molecule has 1 aromatic carbocycles. The Hall–Kier alpha value is -2.80. The summed E-state index contributed by atoms with van der Waals surface area (Å²) in [4.78, 5) is 30.8. The first-order valence-corrected chi connectivity index (χ1v) is 9.67. The molecule has 3 heterocycles. The lowest BCUT2D eigenvalue weighted by molar-refractivity contribution is 0.656. The first kappa shape index (κ1) is 18.6. The van der Waals surface area contributed by atoms with Crippen LogP contribution in [0.3, 0.4) is 0 Å². The standard InChI is InChI=1S/C20H22ClN5O2/c1-12-5-7-15(8-6-12)11-25-18(27)16-17(23(4)20(25)28)22-19-24(10-9-21)13(2)14(3)26(16)19/h5-8H,9-11H2,1-4H3. The molecule has 28 heavy (non-hydrogen) atoms. The highest BCUT2D eigenvalue weighted by Gasteiger charge is 2.22. The second kappa shape index (κ2) is 6.67. The van der Waals surface area contributed by atoms with Crippen LogP contribution < -0.4 is 11.2 Å². The second-order valence-corrected chi connectivity index (χ2v) is 7.53. The molecule has 0 amide bonds. The van der Waals surface area contributed by atoms with Gasteiger partial charge in [-0.25, -0.2) is 4.79 Å². The Morgan fingerprint density at radius 3 is 2.32 bits per heavy atom. The van der Waals surface area contributed by atoms with Crippen LogP contribution in [0.15, 0.2) is 33.9 Å². The minimum absolute atomic E-state index is 0.218. The number of halogens is 1. The zero-order valence-electron chi connectivity index (χ0n) is 16.4. The Morgan fingerprint density at radius 2 is 1.68 bits per heavy atom. The number of hydrogen-bond acceptors (Lipinski definition) is 3. The third-order valence-electron chi connectivity index (χ3n) is 5.40. The van der Waals surface area contributed by atoms with Gasteiger partial charge in [0.05, 0.1) is 6.54 Å². The molecule has 0 radical (unpaired) electrons. The van der Waals surface area contributed by atoms with E-state index in [4.69, 9.17) is 11.6 Å². The molecule has 0 saturated heterocycles. The van der Waals surface area contributed by atoms with E-state index in [1.165, 1.54) is 9.13 Å². The minimum atomic E-state index is -0.378. The molecule has 4 rings (SSSR count). The maximum Gasteiger partial charge on any atom is 0.332 e. The Morgan fingerprint density at radius 1 is 1.00 bits per heavy atom. The molecule has 0 unspecified atom stereocenters. The summed E-state index contributed by atoms with van der Waals surface area (Å²) < 4.78 is 6.54. The van der Waals surface area contributed by atoms with Gasteiger partial charge in [-0.2, -0.15) is 4.98 Å². The van der Waals surface area contributed by atoms with Crippen molar-refractivity contribution < 1.29 is 0 Å². The molecule has 7 nitrogen and oxygen atoms in total. The van der Waals surface area contributed by atoms with Crippen molar-refractivity contribution in [3.8, 4) is 0 Å². The average molecular weight is 400 g/mol. The van der Waals surface area contributed by atoms with Crippen molar-refractivity contribution in [2.45, 2.75) is 33.9 Å². The summed E-state index contributed by atoms with van der Waals surface area (Å²) in [6, 6.07) is 7.81. The van der Waals surface area contributed by atoms with Gasteiger partial charge in [-0.15, -0.1) is 11.6 Å². The van der Waals surface area contributed by atoms with Crippen molar-refractivity contribution in [3.05, 3.63) is 67.6 Å². The zero-order valence-corrected chi connectivity index (χ0v) is 17.1. The largest absolute Gasteiger partial charge is 0.332 e. The fraction of sp³-hybridized carbons (Fsp3) is 0.350. The second-order valence-electron chi connectivity index (χ2n) is 7.15. The van der Waals surface area contributed by atoms with Gasteiger partial charge in [0.1, 0.15) is 0 Å². The van der Waals surface area contributed by atoms with Gasteiger partial charge in [0, 0.05) is 30.9 Å². The van der Waals surface area contributed by atoms with Crippen LogP contribution in [0.4, 0.5) is 0 Å². The number of nitrogens with zero attached hydrogens (tertiary/aromatic N) is 5. The smallest absolute Gasteiger partial charge is 0.313 e. The summed E-state index contributed by atoms with van der Waals surface area (Å²) in [6.45, 7) is 6.73. The fourth-order valence-corrected chi connectivity index (χ4v) is 3.85. The number of fused-ring (bicyclic) bond motifs is 3. The van der Waals surface area contributed by atoms with Crippen LogP contribution in [-0.4, -0.2) is 29.0 Å². The lowest BCUT2D eigenvalue weighted by Crippen LogP contribution is -2.39. The van der Waals surface area contributed by atoms with E-state index in [0.29, 0.717) is 29.4 Å². The molecular weight excluding hydrogens is 378 g/mol. The van der Waals surface area contributed by atoms with E-state index in [0.717, 1.165) is 22.5 Å². The topological polar surface area (TPSA) is 66.2 Å². The van der Waals surface area contributed by atoms with Crippen molar-refractivity contribution in [2.24, 2.45) is 7.05 Å². The molecule has 8 heteroatoms. The maximum atomic E-state index is 13.3. The number of aromatic nitrogens is 5. The first-order valence-electron chi connectivity index (χ1n) is 9.14. The normalized spacial score (nSPS) is 11.8. The molecule has 0 atom stereocenters. The third kappa shape index (κ3) is 2.61. The summed E-state index contributed by atoms with van der Waals surface area (Å²) in [5.74, 6) is 1.07. The summed E-state index contributed by atoms with van der Waals surface area (Å²) in [5, 5.41) is 0. The summed E-state index contributed by atoms with van der Waals surface area (Å²) in [6.07, 6.45) is 0. The lowest BCUT2D eigenvalue weighted by atomic mass is 10.1. The van der Waals surface area contributed by atoms with Crippen molar-refractivity contribution in [3.63, 3.8) is 0 Å². The molecule has 0 saturated carbocycles. The molecule has 4 aromatic rings. The lowest BCUT2D eigenvalue weighted by Gasteiger charge is -2.09. The van der Waals surface area contributed by atoms with Gasteiger partial charge in [-0.3, -0.25) is 18.3 Å². The van der Waals surface area contributed by atoms with Gasteiger partial charge in [0.2, 0.25) is 5.78 Å². The highest BCUT2D eigenvalue weighted by atomic mass is 35.5. The summed E-state index contributed by atoms with van der Waals surface area (Å²) >= 11 is 5.95. The fourth-order valence-electron chi connectivity index (χ4n) is 3.68. The van der Waals surface area contributed by atoms with E-state index in [2.05, 4.69) is 4.98 Å². The SMILES string of the molecule is Cc1ccc(Cn2c(=O)c3c(nc4n(CCCl)c(C)c(C)n34)n(C)c2=O)cc1. The van der Waals surface area contributed by atoms with Crippen LogP contribution in [0.25, 0.3) is 16.9 Å². The quantitative estimate of drug-likeness (QED) is 0.495. The summed E-state index contributed by atoms with van der Waals surface area (Å²) in [7, 11) is 1.65. The number of imidazole rings is 2. The predicted octanol–water partition coefficient (Wildman–Crippen LogP) is 2.36. The van der Waals surface area contributed by atoms with Crippen LogP contribution in [0.2, 0.25) is 0 Å². The van der Waals surface area contributed by atoms with Crippen molar-refractivity contribution in [1.82, 2.24) is 23.1 Å². The minimum Gasteiger partial charge on any atom is -0.313 e. The van der Waals surface area contributed by atoms with E-state index in [-0.39, 0.29) is 17.8 Å². The molecule has 0 aliphatic carbocycles. The van der Waals surface area contributed by atoms with Crippen LogP contribution in [0.5, 0.6) is 0 Å². The maximum absolute atomic E-state index is 13.3. The number of rotatable bonds is 4. The van der Waals surface area contributed by atoms with Crippen molar-refractivity contribution in [2.75, 3.05) is 5.88 Å². The van der Waals surface area contributed by atoms with E-state index >= 15 is 0 Å². The van der Waals surface area contributed by atoms with E-state index in [1.807, 2.05) is 54.0 Å². The predicted molar refractivity (Wildman–Crippen MR) is 111 cm³/mol. The number of hydrogen-bond donors (Lipinski definition) is 0. The third-order valence-corrected chi connectivity index (χ3v) is 5.57. The Balaban J connectivity index is 2.04. The number of benzene rings is 1. The molecule has 0 aliphatic rings. The van der Waals surface area contributed by atoms with E-state index in [9.17, 15) is 9.59 Å². The van der Waals surface area contributed by atoms with E-state index < -0.39 is 0 Å².